The summed E-state index contributed by atoms with van der Waals surface area (Å²) in [4.78, 5) is 18.7. The van der Waals surface area contributed by atoms with E-state index >= 15 is 0 Å². The molecular formula is C25H28N6O2. The predicted molar refractivity (Wildman–Crippen MR) is 126 cm³/mol. The molecule has 0 unspecified atom stereocenters. The summed E-state index contributed by atoms with van der Waals surface area (Å²) < 4.78 is 7.24. The number of benzene rings is 2. The first kappa shape index (κ1) is 21.3. The SMILES string of the molecule is COc1ccc2[nH]c(=O)c([C@H](c3nnnn3CCc3ccccc3)N3CCCCC3)cc2c1. The van der Waals surface area contributed by atoms with Crippen molar-refractivity contribution >= 4 is 10.9 Å². The number of likely N-dealkylation sites (tertiary alicyclic amines) is 1. The molecule has 4 aromatic rings. The molecule has 3 heterocycles. The summed E-state index contributed by atoms with van der Waals surface area (Å²) in [6, 6.07) is 17.6. The van der Waals surface area contributed by atoms with Crippen LogP contribution in [-0.2, 0) is 13.0 Å². The van der Waals surface area contributed by atoms with Gasteiger partial charge in [-0.15, -0.1) is 5.10 Å². The van der Waals surface area contributed by atoms with Gasteiger partial charge >= 0.3 is 0 Å². The van der Waals surface area contributed by atoms with Gasteiger partial charge in [0, 0.05) is 23.0 Å². The molecule has 1 atom stereocenters. The topological polar surface area (TPSA) is 88.9 Å². The van der Waals surface area contributed by atoms with Crippen LogP contribution in [0.4, 0.5) is 0 Å². The minimum Gasteiger partial charge on any atom is -0.497 e. The number of nitrogens with zero attached hydrogens (tertiary/aromatic N) is 5. The van der Waals surface area contributed by atoms with Crippen molar-refractivity contribution in [3.63, 3.8) is 0 Å². The summed E-state index contributed by atoms with van der Waals surface area (Å²) in [6.45, 7) is 2.47. The largest absolute Gasteiger partial charge is 0.497 e. The standard InChI is InChI=1S/C25H28N6O2/c1-33-20-10-11-22-19(16-20)17-21(25(32)26-22)23(30-13-6-3-7-14-30)24-27-28-29-31(24)15-12-18-8-4-2-5-9-18/h2,4-5,8-11,16-17,23H,3,6-7,12-15H2,1H3,(H,26,32)/t23-/m1/s1. The van der Waals surface area contributed by atoms with Gasteiger partial charge in [0.2, 0.25) is 0 Å². The van der Waals surface area contributed by atoms with Crippen molar-refractivity contribution in [3.8, 4) is 5.75 Å². The van der Waals surface area contributed by atoms with Crippen LogP contribution in [0.15, 0.2) is 59.4 Å². The summed E-state index contributed by atoms with van der Waals surface area (Å²) in [5, 5.41) is 13.6. The van der Waals surface area contributed by atoms with Crippen molar-refractivity contribution in [1.82, 2.24) is 30.1 Å². The van der Waals surface area contributed by atoms with Gasteiger partial charge in [0.05, 0.1) is 7.11 Å². The Labute approximate surface area is 192 Å². The van der Waals surface area contributed by atoms with E-state index < -0.39 is 0 Å². The third kappa shape index (κ3) is 4.52. The Balaban J connectivity index is 1.56. The second-order valence-corrected chi connectivity index (χ2v) is 8.50. The summed E-state index contributed by atoms with van der Waals surface area (Å²) in [5.74, 6) is 1.46. The Bertz CT molecular complexity index is 1280. The van der Waals surface area contributed by atoms with Gasteiger partial charge in [-0.05, 0) is 72.6 Å². The quantitative estimate of drug-likeness (QED) is 0.470. The number of fused-ring (bicyclic) bond motifs is 1. The maximum atomic E-state index is 13.3. The predicted octanol–water partition coefficient (Wildman–Crippen LogP) is 3.34. The number of hydrogen-bond acceptors (Lipinski definition) is 6. The number of tetrazole rings is 1. The van der Waals surface area contributed by atoms with Crippen molar-refractivity contribution in [3.05, 3.63) is 81.9 Å². The molecule has 0 aliphatic carbocycles. The monoisotopic (exact) mass is 444 g/mol. The molecule has 0 saturated carbocycles. The average Bonchev–Trinajstić information content (AvgIpc) is 3.32. The Morgan fingerprint density at radius 3 is 2.67 bits per heavy atom. The molecule has 8 heteroatoms. The van der Waals surface area contributed by atoms with Crippen LogP contribution in [0.5, 0.6) is 5.75 Å². The number of aromatic nitrogens is 5. The molecule has 1 fully saturated rings. The van der Waals surface area contributed by atoms with Crippen molar-refractivity contribution < 1.29 is 4.74 Å². The van der Waals surface area contributed by atoms with Crippen LogP contribution in [0, 0.1) is 0 Å². The van der Waals surface area contributed by atoms with E-state index in [1.165, 1.54) is 12.0 Å². The molecule has 1 saturated heterocycles. The number of nitrogens with one attached hydrogen (secondary N) is 1. The van der Waals surface area contributed by atoms with Crippen molar-refractivity contribution in [1.29, 1.82) is 0 Å². The Morgan fingerprint density at radius 1 is 1.06 bits per heavy atom. The van der Waals surface area contributed by atoms with Crippen LogP contribution in [-0.4, -0.2) is 50.3 Å². The molecule has 2 aromatic carbocycles. The molecule has 1 aliphatic rings. The summed E-state index contributed by atoms with van der Waals surface area (Å²) in [7, 11) is 1.64. The number of rotatable bonds is 7. The molecule has 1 N–H and O–H groups in total. The fourth-order valence-electron chi connectivity index (χ4n) is 4.65. The number of aryl methyl sites for hydroxylation is 2. The van der Waals surface area contributed by atoms with Gasteiger partial charge in [-0.1, -0.05) is 36.8 Å². The number of aromatic amines is 1. The van der Waals surface area contributed by atoms with Gasteiger partial charge in [-0.3, -0.25) is 9.69 Å². The van der Waals surface area contributed by atoms with Crippen molar-refractivity contribution in [2.45, 2.75) is 38.3 Å². The zero-order chi connectivity index (χ0) is 22.6. The first-order valence-corrected chi connectivity index (χ1v) is 11.5. The van der Waals surface area contributed by atoms with Gasteiger partial charge < -0.3 is 9.72 Å². The minimum atomic E-state index is -0.310. The molecule has 0 radical (unpaired) electrons. The van der Waals surface area contributed by atoms with E-state index in [2.05, 4.69) is 37.5 Å². The zero-order valence-electron chi connectivity index (χ0n) is 18.8. The first-order valence-electron chi connectivity index (χ1n) is 11.5. The van der Waals surface area contributed by atoms with Crippen LogP contribution >= 0.6 is 0 Å². The normalized spacial score (nSPS) is 15.5. The lowest BCUT2D eigenvalue weighted by Gasteiger charge is -2.33. The van der Waals surface area contributed by atoms with Gasteiger partial charge in [0.25, 0.3) is 5.56 Å². The van der Waals surface area contributed by atoms with E-state index in [-0.39, 0.29) is 11.6 Å². The Hall–Kier alpha value is -3.52. The molecule has 5 rings (SSSR count). The third-order valence-corrected chi connectivity index (χ3v) is 6.39. The van der Waals surface area contributed by atoms with Crippen molar-refractivity contribution in [2.75, 3.05) is 20.2 Å². The fraction of sp³-hybridized carbons (Fsp3) is 0.360. The van der Waals surface area contributed by atoms with E-state index in [1.54, 1.807) is 7.11 Å². The van der Waals surface area contributed by atoms with E-state index in [0.717, 1.165) is 49.0 Å². The van der Waals surface area contributed by atoms with Gasteiger partial charge in [0.1, 0.15) is 11.8 Å². The molecule has 33 heavy (non-hydrogen) atoms. The number of piperidine rings is 1. The van der Waals surface area contributed by atoms with Gasteiger partial charge in [0.15, 0.2) is 5.82 Å². The molecule has 2 aromatic heterocycles. The lowest BCUT2D eigenvalue weighted by Crippen LogP contribution is -2.38. The molecule has 170 valence electrons. The van der Waals surface area contributed by atoms with Crippen LogP contribution in [0.25, 0.3) is 10.9 Å². The molecule has 0 bridgehead atoms. The summed E-state index contributed by atoms with van der Waals surface area (Å²) >= 11 is 0. The Morgan fingerprint density at radius 2 is 1.88 bits per heavy atom. The summed E-state index contributed by atoms with van der Waals surface area (Å²) in [5.41, 5.74) is 2.56. The van der Waals surface area contributed by atoms with Gasteiger partial charge in [-0.2, -0.15) is 0 Å². The first-order chi connectivity index (χ1) is 16.2. The van der Waals surface area contributed by atoms with Crippen LogP contribution in [0.2, 0.25) is 0 Å². The maximum absolute atomic E-state index is 13.3. The third-order valence-electron chi connectivity index (χ3n) is 6.39. The highest BCUT2D eigenvalue weighted by Crippen LogP contribution is 2.30. The van der Waals surface area contributed by atoms with E-state index in [1.807, 2.05) is 47.1 Å². The molecule has 1 aliphatic heterocycles. The molecule has 8 nitrogen and oxygen atoms in total. The zero-order valence-corrected chi connectivity index (χ0v) is 18.8. The minimum absolute atomic E-state index is 0.110. The second kappa shape index (κ2) is 9.54. The summed E-state index contributed by atoms with van der Waals surface area (Å²) in [6.07, 6.45) is 4.22. The van der Waals surface area contributed by atoms with E-state index in [9.17, 15) is 4.79 Å². The molecule has 0 spiro atoms. The van der Waals surface area contributed by atoms with Gasteiger partial charge in [-0.25, -0.2) is 4.68 Å². The lowest BCUT2D eigenvalue weighted by molar-refractivity contribution is 0.176. The van der Waals surface area contributed by atoms with Crippen molar-refractivity contribution in [2.24, 2.45) is 0 Å². The highest BCUT2D eigenvalue weighted by Gasteiger charge is 2.31. The molecule has 0 amide bonds. The Kier molecular flexibility index (Phi) is 6.17. The number of ether oxygens (including phenoxy) is 1. The van der Waals surface area contributed by atoms with Crippen LogP contribution < -0.4 is 10.3 Å². The highest BCUT2D eigenvalue weighted by molar-refractivity contribution is 5.80. The number of methoxy groups -OCH3 is 1. The van der Waals surface area contributed by atoms with Crippen LogP contribution in [0.1, 0.15) is 42.3 Å². The smallest absolute Gasteiger partial charge is 0.253 e. The number of hydrogen-bond donors (Lipinski definition) is 1. The average molecular weight is 445 g/mol. The highest BCUT2D eigenvalue weighted by atomic mass is 16.5. The van der Waals surface area contributed by atoms with E-state index in [4.69, 9.17) is 4.74 Å². The van der Waals surface area contributed by atoms with Crippen LogP contribution in [0.3, 0.4) is 0 Å². The lowest BCUT2D eigenvalue weighted by atomic mass is 10.0. The number of pyridine rings is 1. The number of H-pyrrole nitrogens is 1. The van der Waals surface area contributed by atoms with E-state index in [0.29, 0.717) is 17.9 Å². The fourth-order valence-corrected chi connectivity index (χ4v) is 4.65. The second-order valence-electron chi connectivity index (χ2n) is 8.50. The maximum Gasteiger partial charge on any atom is 0.253 e. The molecular weight excluding hydrogens is 416 g/mol.